The Morgan fingerprint density at radius 3 is 2.25 bits per heavy atom. The summed E-state index contributed by atoms with van der Waals surface area (Å²) in [6.45, 7) is 0. The minimum Gasteiger partial charge on any atom is -0.443 e. The first-order valence-electron chi connectivity index (χ1n) is 8.87. The van der Waals surface area contributed by atoms with Crippen molar-refractivity contribution in [3.63, 3.8) is 0 Å². The molecule has 0 fully saturated rings. The van der Waals surface area contributed by atoms with Gasteiger partial charge in [-0.05, 0) is 23.8 Å². The summed E-state index contributed by atoms with van der Waals surface area (Å²) in [6, 6.07) is 25.9. The van der Waals surface area contributed by atoms with Gasteiger partial charge in [-0.25, -0.2) is 4.98 Å². The lowest BCUT2D eigenvalue weighted by Gasteiger charge is -2.04. The standard InChI is InChI=1S/C16H13N3.C7H5NO/c1-2-6-14(7-3-1)10-11-15-8-4-5-9-16(15)19-17-12-13-18-19;1-2-4-7-6(3-1)8-5-9-7/h1-13H;1-5H. The minimum atomic E-state index is 0.845. The second-order valence-corrected chi connectivity index (χ2v) is 5.94. The van der Waals surface area contributed by atoms with E-state index >= 15 is 0 Å². The van der Waals surface area contributed by atoms with Crippen LogP contribution in [0.1, 0.15) is 11.1 Å². The molecule has 5 heteroatoms. The van der Waals surface area contributed by atoms with E-state index in [0.29, 0.717) is 0 Å². The second kappa shape index (κ2) is 8.60. The molecule has 3 aromatic carbocycles. The number of hydrogen-bond donors (Lipinski definition) is 0. The van der Waals surface area contributed by atoms with Crippen LogP contribution in [0.4, 0.5) is 0 Å². The van der Waals surface area contributed by atoms with Crippen LogP contribution in [0, 0.1) is 0 Å². The monoisotopic (exact) mass is 366 g/mol. The number of benzene rings is 3. The Hall–Kier alpha value is -3.99. The first-order valence-corrected chi connectivity index (χ1v) is 8.87. The maximum Gasteiger partial charge on any atom is 0.181 e. The fraction of sp³-hybridized carbons (Fsp3) is 0. The highest BCUT2D eigenvalue weighted by atomic mass is 16.3. The van der Waals surface area contributed by atoms with Crippen LogP contribution in [0.25, 0.3) is 28.9 Å². The van der Waals surface area contributed by atoms with E-state index < -0.39 is 0 Å². The molecule has 2 heterocycles. The van der Waals surface area contributed by atoms with Gasteiger partial charge < -0.3 is 4.42 Å². The van der Waals surface area contributed by atoms with E-state index in [9.17, 15) is 0 Å². The maximum absolute atomic E-state index is 5.01. The number of nitrogens with zero attached hydrogens (tertiary/aromatic N) is 4. The molecule has 0 bridgehead atoms. The molecule has 0 atom stereocenters. The molecule has 136 valence electrons. The Bertz CT molecular complexity index is 1130. The number of hydrogen-bond acceptors (Lipinski definition) is 4. The zero-order valence-corrected chi connectivity index (χ0v) is 15.1. The zero-order valence-electron chi connectivity index (χ0n) is 15.1. The van der Waals surface area contributed by atoms with Crippen molar-refractivity contribution in [2.24, 2.45) is 0 Å². The molecule has 0 aliphatic carbocycles. The fourth-order valence-electron chi connectivity index (χ4n) is 2.70. The van der Waals surface area contributed by atoms with Crippen molar-refractivity contribution in [2.75, 3.05) is 0 Å². The van der Waals surface area contributed by atoms with Crippen molar-refractivity contribution in [1.82, 2.24) is 20.0 Å². The van der Waals surface area contributed by atoms with E-state index in [-0.39, 0.29) is 0 Å². The fourth-order valence-corrected chi connectivity index (χ4v) is 2.70. The average molecular weight is 366 g/mol. The normalized spacial score (nSPS) is 10.7. The van der Waals surface area contributed by atoms with Gasteiger partial charge in [-0.2, -0.15) is 15.0 Å². The van der Waals surface area contributed by atoms with E-state index in [0.717, 1.165) is 22.4 Å². The van der Waals surface area contributed by atoms with Crippen LogP contribution in [0.15, 0.2) is 102 Å². The summed E-state index contributed by atoms with van der Waals surface area (Å²) in [5.41, 5.74) is 4.99. The van der Waals surface area contributed by atoms with E-state index in [1.165, 1.54) is 12.0 Å². The Labute approximate surface area is 162 Å². The predicted molar refractivity (Wildman–Crippen MR) is 111 cm³/mol. The van der Waals surface area contributed by atoms with Gasteiger partial charge in [0.2, 0.25) is 0 Å². The van der Waals surface area contributed by atoms with E-state index in [4.69, 9.17) is 4.42 Å². The molecule has 0 amide bonds. The number of para-hydroxylation sites is 3. The van der Waals surface area contributed by atoms with Crippen LogP contribution in [0.2, 0.25) is 0 Å². The van der Waals surface area contributed by atoms with Gasteiger partial charge in [-0.15, -0.1) is 0 Å². The van der Waals surface area contributed by atoms with Crippen LogP contribution >= 0.6 is 0 Å². The lowest BCUT2D eigenvalue weighted by Crippen LogP contribution is -2.00. The SMILES string of the molecule is C(=Cc1ccccc1-n1nccn1)c1ccccc1.c1ccc2ocnc2c1. The van der Waals surface area contributed by atoms with Gasteiger partial charge in [-0.1, -0.05) is 72.8 Å². The van der Waals surface area contributed by atoms with Crippen LogP contribution in [0.3, 0.4) is 0 Å². The summed E-state index contributed by atoms with van der Waals surface area (Å²) in [6.07, 6.45) is 8.97. The van der Waals surface area contributed by atoms with Gasteiger partial charge in [0, 0.05) is 5.56 Å². The Morgan fingerprint density at radius 1 is 0.714 bits per heavy atom. The van der Waals surface area contributed by atoms with Gasteiger partial charge in [0.1, 0.15) is 5.52 Å². The van der Waals surface area contributed by atoms with Crippen molar-refractivity contribution in [2.45, 2.75) is 0 Å². The molecule has 5 nitrogen and oxygen atoms in total. The molecule has 28 heavy (non-hydrogen) atoms. The highest BCUT2D eigenvalue weighted by Crippen LogP contribution is 2.15. The number of oxazole rings is 1. The van der Waals surface area contributed by atoms with Gasteiger partial charge in [-0.3, -0.25) is 0 Å². The Balaban J connectivity index is 0.000000177. The number of fused-ring (bicyclic) bond motifs is 1. The lowest BCUT2D eigenvalue weighted by atomic mass is 10.1. The van der Waals surface area contributed by atoms with Crippen molar-refractivity contribution in [1.29, 1.82) is 0 Å². The van der Waals surface area contributed by atoms with Gasteiger partial charge >= 0.3 is 0 Å². The predicted octanol–water partition coefficient (Wildman–Crippen LogP) is 5.27. The highest BCUT2D eigenvalue weighted by molar-refractivity contribution is 5.73. The molecule has 0 N–H and O–H groups in total. The second-order valence-electron chi connectivity index (χ2n) is 5.94. The van der Waals surface area contributed by atoms with Crippen LogP contribution < -0.4 is 0 Å². The summed E-state index contributed by atoms with van der Waals surface area (Å²) in [4.78, 5) is 5.58. The van der Waals surface area contributed by atoms with Crippen molar-refractivity contribution >= 4 is 23.3 Å². The largest absolute Gasteiger partial charge is 0.443 e. The maximum atomic E-state index is 5.01. The molecular formula is C23H18N4O. The quantitative estimate of drug-likeness (QED) is 0.408. The summed E-state index contributed by atoms with van der Waals surface area (Å²) < 4.78 is 5.01. The third-order valence-corrected chi connectivity index (χ3v) is 4.06. The molecule has 0 radical (unpaired) electrons. The molecule has 0 unspecified atom stereocenters. The van der Waals surface area contributed by atoms with Crippen molar-refractivity contribution in [3.05, 3.63) is 109 Å². The van der Waals surface area contributed by atoms with Crippen LogP contribution in [-0.2, 0) is 0 Å². The molecule has 0 saturated carbocycles. The van der Waals surface area contributed by atoms with E-state index in [1.807, 2.05) is 60.7 Å². The molecule has 0 spiro atoms. The van der Waals surface area contributed by atoms with Crippen LogP contribution in [-0.4, -0.2) is 20.0 Å². The van der Waals surface area contributed by atoms with E-state index in [1.54, 1.807) is 17.2 Å². The molecule has 0 saturated heterocycles. The summed E-state index contributed by atoms with van der Waals surface area (Å²) in [5, 5.41) is 8.35. The van der Waals surface area contributed by atoms with Crippen LogP contribution in [0.5, 0.6) is 0 Å². The third-order valence-electron chi connectivity index (χ3n) is 4.06. The first-order chi connectivity index (χ1) is 13.9. The smallest absolute Gasteiger partial charge is 0.181 e. The summed E-state index contributed by atoms with van der Waals surface area (Å²) in [5.74, 6) is 0. The average Bonchev–Trinajstić information content (AvgIpc) is 3.46. The third kappa shape index (κ3) is 4.22. The molecule has 0 aliphatic rings. The van der Waals surface area contributed by atoms with Crippen molar-refractivity contribution < 1.29 is 4.42 Å². The Morgan fingerprint density at radius 2 is 1.43 bits per heavy atom. The minimum absolute atomic E-state index is 0.845. The molecular weight excluding hydrogens is 348 g/mol. The zero-order chi connectivity index (χ0) is 19.0. The highest BCUT2D eigenvalue weighted by Gasteiger charge is 2.01. The first kappa shape index (κ1) is 17.4. The summed E-state index contributed by atoms with van der Waals surface area (Å²) in [7, 11) is 0. The van der Waals surface area contributed by atoms with Crippen molar-refractivity contribution in [3.8, 4) is 5.69 Å². The molecule has 2 aromatic heterocycles. The van der Waals surface area contributed by atoms with Gasteiger partial charge in [0.25, 0.3) is 0 Å². The van der Waals surface area contributed by atoms with Gasteiger partial charge in [0.05, 0.1) is 18.1 Å². The molecule has 5 aromatic rings. The topological polar surface area (TPSA) is 56.7 Å². The lowest BCUT2D eigenvalue weighted by molar-refractivity contribution is 0.602. The molecule has 0 aliphatic heterocycles. The van der Waals surface area contributed by atoms with Gasteiger partial charge in [0.15, 0.2) is 12.0 Å². The Kier molecular flexibility index (Phi) is 5.35. The molecule has 5 rings (SSSR count). The number of rotatable bonds is 3. The summed E-state index contributed by atoms with van der Waals surface area (Å²) >= 11 is 0. The number of aromatic nitrogens is 4. The van der Waals surface area contributed by atoms with E-state index in [2.05, 4.69) is 45.5 Å².